The van der Waals surface area contributed by atoms with Crippen LogP contribution < -0.4 is 10.9 Å². The van der Waals surface area contributed by atoms with Crippen molar-refractivity contribution in [3.05, 3.63) is 69.3 Å². The molecule has 3 nitrogen and oxygen atoms in total. The summed E-state index contributed by atoms with van der Waals surface area (Å²) in [5.74, 6) is 0. The molecule has 2 heterocycles. The summed E-state index contributed by atoms with van der Waals surface area (Å²) in [5, 5.41) is 7.36. The molecule has 2 aromatic carbocycles. The van der Waals surface area contributed by atoms with E-state index in [1.165, 1.54) is 28.0 Å². The van der Waals surface area contributed by atoms with Crippen molar-refractivity contribution in [2.45, 2.75) is 13.3 Å². The third kappa shape index (κ3) is 2.77. The van der Waals surface area contributed by atoms with Crippen LogP contribution >= 0.6 is 11.3 Å². The van der Waals surface area contributed by atoms with Gasteiger partial charge in [0, 0.05) is 10.8 Å². The van der Waals surface area contributed by atoms with Gasteiger partial charge in [0.2, 0.25) is 0 Å². The first-order valence-corrected chi connectivity index (χ1v) is 9.33. The average Bonchev–Trinajstić information content (AvgIpc) is 3.12. The zero-order valence-electron chi connectivity index (χ0n) is 14.3. The molecule has 0 saturated heterocycles. The van der Waals surface area contributed by atoms with Crippen LogP contribution in [0.3, 0.4) is 0 Å². The number of aryl methyl sites for hydroxylation is 1. The SMILES string of the molecule is CNCCc1ccc(-c2ccc(C)c3[nH]c(=O)c4sccc4c23)cc1. The Morgan fingerprint density at radius 2 is 1.88 bits per heavy atom. The number of rotatable bonds is 4. The Bertz CT molecular complexity index is 1110. The van der Waals surface area contributed by atoms with Gasteiger partial charge in [0.1, 0.15) is 4.70 Å². The summed E-state index contributed by atoms with van der Waals surface area (Å²) in [6, 6.07) is 15.0. The number of thiophene rings is 1. The minimum absolute atomic E-state index is 0.000151. The lowest BCUT2D eigenvalue weighted by atomic mass is 9.95. The summed E-state index contributed by atoms with van der Waals surface area (Å²) < 4.78 is 0.796. The third-order valence-corrected chi connectivity index (χ3v) is 5.63. The standard InChI is InChI=1S/C21H20N2OS/c1-13-3-8-16(15-6-4-14(5-7-15)9-11-22-2)18-17-10-12-25-20(17)21(24)23-19(13)18/h3-8,10,12,22H,9,11H2,1-2H3,(H,23,24). The van der Waals surface area contributed by atoms with E-state index >= 15 is 0 Å². The molecule has 0 aliphatic rings. The average molecular weight is 348 g/mol. The topological polar surface area (TPSA) is 44.9 Å². The number of aromatic amines is 1. The maximum absolute atomic E-state index is 12.3. The summed E-state index contributed by atoms with van der Waals surface area (Å²) in [4.78, 5) is 15.4. The van der Waals surface area contributed by atoms with Gasteiger partial charge in [-0.3, -0.25) is 4.79 Å². The number of nitrogens with one attached hydrogen (secondary N) is 2. The largest absolute Gasteiger partial charge is 0.320 e. The number of aromatic nitrogens is 1. The highest BCUT2D eigenvalue weighted by Gasteiger charge is 2.13. The molecule has 0 fully saturated rings. The predicted molar refractivity (Wildman–Crippen MR) is 108 cm³/mol. The lowest BCUT2D eigenvalue weighted by molar-refractivity contribution is 0.792. The molecule has 0 atom stereocenters. The molecule has 2 N–H and O–H groups in total. The van der Waals surface area contributed by atoms with Crippen LogP contribution in [0, 0.1) is 6.92 Å². The summed E-state index contributed by atoms with van der Waals surface area (Å²) >= 11 is 1.50. The summed E-state index contributed by atoms with van der Waals surface area (Å²) in [5.41, 5.74) is 5.70. The quantitative estimate of drug-likeness (QED) is 0.571. The van der Waals surface area contributed by atoms with E-state index in [9.17, 15) is 4.79 Å². The van der Waals surface area contributed by atoms with E-state index in [0.717, 1.165) is 39.5 Å². The van der Waals surface area contributed by atoms with Gasteiger partial charge in [-0.2, -0.15) is 0 Å². The fraction of sp³-hybridized carbons (Fsp3) is 0.190. The van der Waals surface area contributed by atoms with Crippen molar-refractivity contribution in [3.8, 4) is 11.1 Å². The van der Waals surface area contributed by atoms with Gasteiger partial charge in [0.25, 0.3) is 5.56 Å². The minimum Gasteiger partial charge on any atom is -0.320 e. The molecule has 0 aliphatic heterocycles. The van der Waals surface area contributed by atoms with Crippen molar-refractivity contribution in [2.75, 3.05) is 13.6 Å². The highest BCUT2D eigenvalue weighted by atomic mass is 32.1. The molecule has 0 unspecified atom stereocenters. The minimum atomic E-state index is 0.000151. The number of pyridine rings is 1. The van der Waals surface area contributed by atoms with Gasteiger partial charge in [-0.15, -0.1) is 11.3 Å². The van der Waals surface area contributed by atoms with Gasteiger partial charge in [0.15, 0.2) is 0 Å². The molecule has 4 heteroatoms. The molecule has 0 radical (unpaired) electrons. The first kappa shape index (κ1) is 16.1. The van der Waals surface area contributed by atoms with Crippen LogP contribution in [0.4, 0.5) is 0 Å². The van der Waals surface area contributed by atoms with E-state index in [1.807, 2.05) is 19.4 Å². The number of fused-ring (bicyclic) bond motifs is 3. The lowest BCUT2D eigenvalue weighted by Crippen LogP contribution is -2.10. The molecule has 0 amide bonds. The van der Waals surface area contributed by atoms with Crippen LogP contribution in [0.5, 0.6) is 0 Å². The highest BCUT2D eigenvalue weighted by molar-refractivity contribution is 7.17. The van der Waals surface area contributed by atoms with E-state index in [2.05, 4.69) is 52.8 Å². The molecular formula is C21H20N2OS. The van der Waals surface area contributed by atoms with Crippen LogP contribution in [0.25, 0.3) is 32.1 Å². The fourth-order valence-electron chi connectivity index (χ4n) is 3.36. The van der Waals surface area contributed by atoms with Gasteiger partial charge >= 0.3 is 0 Å². The number of hydrogen-bond acceptors (Lipinski definition) is 3. The Kier molecular flexibility index (Phi) is 4.15. The van der Waals surface area contributed by atoms with Gasteiger partial charge < -0.3 is 10.3 Å². The molecule has 25 heavy (non-hydrogen) atoms. The smallest absolute Gasteiger partial charge is 0.266 e. The number of H-pyrrole nitrogens is 1. The molecule has 0 saturated carbocycles. The van der Waals surface area contributed by atoms with Crippen LogP contribution in [0.1, 0.15) is 11.1 Å². The summed E-state index contributed by atoms with van der Waals surface area (Å²) in [6.45, 7) is 3.02. The molecular weight excluding hydrogens is 328 g/mol. The zero-order valence-corrected chi connectivity index (χ0v) is 15.2. The van der Waals surface area contributed by atoms with E-state index < -0.39 is 0 Å². The molecule has 4 rings (SSSR count). The molecule has 0 spiro atoms. The number of likely N-dealkylation sites (N-methyl/N-ethyl adjacent to an activating group) is 1. The van der Waals surface area contributed by atoms with Crippen molar-refractivity contribution < 1.29 is 0 Å². The summed E-state index contributed by atoms with van der Waals surface area (Å²) in [7, 11) is 1.97. The van der Waals surface area contributed by atoms with Crippen LogP contribution in [-0.2, 0) is 6.42 Å². The van der Waals surface area contributed by atoms with Gasteiger partial charge in [0.05, 0.1) is 5.52 Å². The van der Waals surface area contributed by atoms with Gasteiger partial charge in [-0.1, -0.05) is 36.4 Å². The van der Waals surface area contributed by atoms with Crippen molar-refractivity contribution >= 4 is 32.3 Å². The zero-order chi connectivity index (χ0) is 17.4. The van der Waals surface area contributed by atoms with Crippen LogP contribution in [0.15, 0.2) is 52.6 Å². The Hall–Kier alpha value is -2.43. The third-order valence-electron chi connectivity index (χ3n) is 4.72. The van der Waals surface area contributed by atoms with E-state index in [4.69, 9.17) is 0 Å². The normalized spacial score (nSPS) is 11.4. The molecule has 126 valence electrons. The Morgan fingerprint density at radius 3 is 2.64 bits per heavy atom. The fourth-order valence-corrected chi connectivity index (χ4v) is 4.16. The molecule has 0 aliphatic carbocycles. The Labute approximate surface area is 150 Å². The van der Waals surface area contributed by atoms with Gasteiger partial charge in [-0.05, 0) is 60.6 Å². The number of benzene rings is 2. The van der Waals surface area contributed by atoms with Crippen molar-refractivity contribution in [1.29, 1.82) is 0 Å². The first-order chi connectivity index (χ1) is 12.2. The monoisotopic (exact) mass is 348 g/mol. The maximum atomic E-state index is 12.3. The molecule has 2 aromatic heterocycles. The van der Waals surface area contributed by atoms with E-state index in [-0.39, 0.29) is 5.56 Å². The highest BCUT2D eigenvalue weighted by Crippen LogP contribution is 2.35. The number of hydrogen-bond donors (Lipinski definition) is 2. The lowest BCUT2D eigenvalue weighted by Gasteiger charge is -2.11. The predicted octanol–water partition coefficient (Wildman–Crippen LogP) is 4.48. The van der Waals surface area contributed by atoms with Crippen LogP contribution in [-0.4, -0.2) is 18.6 Å². The summed E-state index contributed by atoms with van der Waals surface area (Å²) in [6.07, 6.45) is 1.02. The second-order valence-electron chi connectivity index (χ2n) is 6.35. The Morgan fingerprint density at radius 1 is 1.08 bits per heavy atom. The van der Waals surface area contributed by atoms with Crippen LogP contribution in [0.2, 0.25) is 0 Å². The van der Waals surface area contributed by atoms with E-state index in [0.29, 0.717) is 0 Å². The van der Waals surface area contributed by atoms with Crippen molar-refractivity contribution in [2.24, 2.45) is 0 Å². The Balaban J connectivity index is 1.94. The second-order valence-corrected chi connectivity index (χ2v) is 7.26. The second kappa shape index (κ2) is 6.47. The van der Waals surface area contributed by atoms with Gasteiger partial charge in [-0.25, -0.2) is 0 Å². The van der Waals surface area contributed by atoms with E-state index in [1.54, 1.807) is 0 Å². The molecule has 0 bridgehead atoms. The first-order valence-electron chi connectivity index (χ1n) is 8.46. The van der Waals surface area contributed by atoms with Crippen molar-refractivity contribution in [1.82, 2.24) is 10.3 Å². The van der Waals surface area contributed by atoms with Crippen molar-refractivity contribution in [3.63, 3.8) is 0 Å². The maximum Gasteiger partial charge on any atom is 0.266 e. The molecule has 4 aromatic rings.